The predicted molar refractivity (Wildman–Crippen MR) is 105 cm³/mol. The van der Waals surface area contributed by atoms with Crippen molar-refractivity contribution in [2.24, 2.45) is 5.92 Å². The number of piperidine rings is 3. The summed E-state index contributed by atoms with van der Waals surface area (Å²) in [5.41, 5.74) is 1.15. The third-order valence-electron chi connectivity index (χ3n) is 5.40. The first-order valence-electron chi connectivity index (χ1n) is 9.37. The average Bonchev–Trinajstić information content (AvgIpc) is 2.69. The summed E-state index contributed by atoms with van der Waals surface area (Å²) in [6, 6.07) is 13.3. The third kappa shape index (κ3) is 4.22. The second-order valence-electron chi connectivity index (χ2n) is 7.26. The van der Waals surface area contributed by atoms with Crippen molar-refractivity contribution in [1.82, 2.24) is 15.2 Å². The van der Waals surface area contributed by atoms with Gasteiger partial charge in [0, 0.05) is 30.0 Å². The van der Waals surface area contributed by atoms with Gasteiger partial charge in [-0.05, 0) is 68.2 Å². The van der Waals surface area contributed by atoms with Gasteiger partial charge >= 0.3 is 0 Å². The molecule has 3 saturated heterocycles. The van der Waals surface area contributed by atoms with Crippen LogP contribution in [0, 0.1) is 5.92 Å². The highest BCUT2D eigenvalue weighted by Gasteiger charge is 2.34. The first-order valence-corrected chi connectivity index (χ1v) is 10.2. The summed E-state index contributed by atoms with van der Waals surface area (Å²) in [4.78, 5) is 31.8. The molecule has 1 amide bonds. The summed E-state index contributed by atoms with van der Waals surface area (Å²) >= 11 is 1.48. The van der Waals surface area contributed by atoms with Crippen molar-refractivity contribution < 1.29 is 9.59 Å². The summed E-state index contributed by atoms with van der Waals surface area (Å²) in [6.45, 7) is 4.82. The molecule has 5 rings (SSSR count). The Morgan fingerprint density at radius 3 is 2.48 bits per heavy atom. The van der Waals surface area contributed by atoms with Gasteiger partial charge in [-0.15, -0.1) is 0 Å². The minimum Gasteiger partial charge on any atom is -0.348 e. The summed E-state index contributed by atoms with van der Waals surface area (Å²) in [5.74, 6) is 0.576. The molecule has 2 bridgehead atoms. The van der Waals surface area contributed by atoms with Crippen molar-refractivity contribution in [3.63, 3.8) is 0 Å². The topological polar surface area (TPSA) is 62.3 Å². The maximum atomic E-state index is 12.6. The molecule has 3 aliphatic rings. The van der Waals surface area contributed by atoms with Crippen molar-refractivity contribution >= 4 is 23.5 Å². The molecule has 1 aromatic heterocycles. The van der Waals surface area contributed by atoms with Gasteiger partial charge in [0.1, 0.15) is 10.7 Å². The number of aromatic nitrogens is 1. The minimum atomic E-state index is -0.0442. The number of hydrogen-bond acceptors (Lipinski definition) is 5. The summed E-state index contributed by atoms with van der Waals surface area (Å²) in [7, 11) is 0. The van der Waals surface area contributed by atoms with E-state index in [9.17, 15) is 9.59 Å². The molecule has 0 aliphatic carbocycles. The molecule has 5 nitrogen and oxygen atoms in total. The number of pyridine rings is 1. The molecule has 0 spiro atoms. The van der Waals surface area contributed by atoms with Gasteiger partial charge in [-0.2, -0.15) is 0 Å². The molecule has 3 fully saturated rings. The Balaban J connectivity index is 1.39. The van der Waals surface area contributed by atoms with Gasteiger partial charge < -0.3 is 10.2 Å². The first-order chi connectivity index (χ1) is 13.1. The Kier molecular flexibility index (Phi) is 5.27. The maximum Gasteiger partial charge on any atom is 0.251 e. The van der Waals surface area contributed by atoms with Crippen LogP contribution in [0.15, 0.2) is 52.4 Å². The van der Waals surface area contributed by atoms with Crippen LogP contribution in [0.1, 0.15) is 40.6 Å². The Hall–Kier alpha value is -2.18. The number of amides is 1. The van der Waals surface area contributed by atoms with E-state index in [1.807, 2.05) is 36.4 Å². The number of rotatable bonds is 5. The van der Waals surface area contributed by atoms with Gasteiger partial charge in [-0.1, -0.05) is 17.8 Å². The lowest BCUT2D eigenvalue weighted by atomic mass is 9.84. The number of nitrogens with zero attached hydrogens (tertiary/aromatic N) is 2. The molecule has 1 unspecified atom stereocenters. The molecule has 140 valence electrons. The Bertz CT molecular complexity index is 845. The van der Waals surface area contributed by atoms with E-state index >= 15 is 0 Å². The summed E-state index contributed by atoms with van der Waals surface area (Å²) in [6.07, 6.45) is 2.37. The van der Waals surface area contributed by atoms with E-state index in [-0.39, 0.29) is 17.7 Å². The predicted octanol–water partition coefficient (Wildman–Crippen LogP) is 3.26. The number of nitrogens with one attached hydrogen (secondary N) is 1. The highest BCUT2D eigenvalue weighted by molar-refractivity contribution is 7.99. The monoisotopic (exact) mass is 381 g/mol. The van der Waals surface area contributed by atoms with Crippen LogP contribution in [-0.2, 0) is 0 Å². The van der Waals surface area contributed by atoms with Gasteiger partial charge in [0.2, 0.25) is 0 Å². The lowest BCUT2D eigenvalue weighted by molar-refractivity contribution is 0.0620. The van der Waals surface area contributed by atoms with E-state index in [2.05, 4.69) is 15.2 Å². The van der Waals surface area contributed by atoms with Crippen LogP contribution in [-0.4, -0.2) is 47.3 Å². The van der Waals surface area contributed by atoms with Crippen LogP contribution in [0.25, 0.3) is 0 Å². The van der Waals surface area contributed by atoms with Crippen LogP contribution < -0.4 is 5.32 Å². The normalized spacial score (nSPS) is 23.8. The lowest BCUT2D eigenvalue weighted by Crippen LogP contribution is -2.57. The van der Waals surface area contributed by atoms with Gasteiger partial charge in [0.05, 0.1) is 0 Å². The summed E-state index contributed by atoms with van der Waals surface area (Å²) in [5, 5.41) is 3.99. The lowest BCUT2D eigenvalue weighted by Gasteiger charge is -2.44. The highest BCUT2D eigenvalue weighted by atomic mass is 32.2. The zero-order chi connectivity index (χ0) is 18.8. The zero-order valence-electron chi connectivity index (χ0n) is 15.4. The molecule has 4 heterocycles. The van der Waals surface area contributed by atoms with E-state index in [0.29, 0.717) is 17.2 Å². The second-order valence-corrected chi connectivity index (χ2v) is 8.36. The molecule has 27 heavy (non-hydrogen) atoms. The maximum absolute atomic E-state index is 12.6. The number of ketones is 1. The molecule has 0 radical (unpaired) electrons. The van der Waals surface area contributed by atoms with Crippen molar-refractivity contribution in [1.29, 1.82) is 0 Å². The van der Waals surface area contributed by atoms with E-state index in [1.54, 1.807) is 6.07 Å². The quantitative estimate of drug-likeness (QED) is 0.806. The van der Waals surface area contributed by atoms with Gasteiger partial charge in [-0.25, -0.2) is 4.98 Å². The number of fused-ring (bicyclic) bond motifs is 3. The third-order valence-corrected chi connectivity index (χ3v) is 6.34. The molecule has 6 heteroatoms. The van der Waals surface area contributed by atoms with E-state index in [4.69, 9.17) is 0 Å². The van der Waals surface area contributed by atoms with E-state index < -0.39 is 0 Å². The molecule has 0 saturated carbocycles. The largest absolute Gasteiger partial charge is 0.348 e. The van der Waals surface area contributed by atoms with Crippen molar-refractivity contribution in [3.8, 4) is 0 Å². The Morgan fingerprint density at radius 1 is 1.11 bits per heavy atom. The number of carbonyl (C=O) groups is 2. The summed E-state index contributed by atoms with van der Waals surface area (Å²) < 4.78 is 0. The fourth-order valence-corrected chi connectivity index (χ4v) is 4.65. The zero-order valence-corrected chi connectivity index (χ0v) is 16.2. The molecule has 1 aromatic carbocycles. The molecule has 1 N–H and O–H groups in total. The van der Waals surface area contributed by atoms with Crippen LogP contribution in [0.3, 0.4) is 0 Å². The van der Waals surface area contributed by atoms with E-state index in [0.717, 1.165) is 16.5 Å². The fraction of sp³-hybridized carbons (Fsp3) is 0.381. The average molecular weight is 382 g/mol. The number of benzene rings is 1. The van der Waals surface area contributed by atoms with Crippen molar-refractivity contribution in [3.05, 3.63) is 53.7 Å². The Labute approximate surface area is 163 Å². The fourth-order valence-electron chi connectivity index (χ4n) is 3.84. The van der Waals surface area contributed by atoms with Crippen molar-refractivity contribution in [2.75, 3.05) is 19.6 Å². The van der Waals surface area contributed by atoms with Gasteiger partial charge in [-0.3, -0.25) is 9.59 Å². The highest BCUT2D eigenvalue weighted by Crippen LogP contribution is 2.28. The van der Waals surface area contributed by atoms with Crippen LogP contribution in [0.5, 0.6) is 0 Å². The molecular formula is C21H23N3O2S. The smallest absolute Gasteiger partial charge is 0.251 e. The number of hydrogen-bond donors (Lipinski definition) is 1. The second kappa shape index (κ2) is 7.82. The van der Waals surface area contributed by atoms with Crippen LogP contribution in [0.4, 0.5) is 0 Å². The molecule has 3 aliphatic heterocycles. The van der Waals surface area contributed by atoms with Crippen LogP contribution >= 0.6 is 11.8 Å². The van der Waals surface area contributed by atoms with Gasteiger partial charge in [0.25, 0.3) is 5.91 Å². The van der Waals surface area contributed by atoms with Gasteiger partial charge in [0.15, 0.2) is 5.78 Å². The number of carbonyl (C=O) groups excluding carboxylic acids is 2. The minimum absolute atomic E-state index is 0.00185. The number of Topliss-reactive ketones (excluding diaryl/α,β-unsaturated/α-hetero) is 1. The molecule has 1 atom stereocenters. The standard InChI is InChI=1S/C21H23N3O2S/c1-14(25)18-3-2-4-20(22-18)27-17-7-5-16(6-8-17)21(26)23-19-13-24-11-9-15(19)10-12-24/h2-8,15,19H,9-13H2,1H3,(H,23,26). The van der Waals surface area contributed by atoms with Crippen LogP contribution in [0.2, 0.25) is 0 Å². The Morgan fingerprint density at radius 2 is 1.85 bits per heavy atom. The molecule has 2 aromatic rings. The SMILES string of the molecule is CC(=O)c1cccc(Sc2ccc(C(=O)NC3CN4CCC3CC4)cc2)n1. The van der Waals surface area contributed by atoms with Crippen molar-refractivity contribution in [2.45, 2.75) is 35.7 Å². The molecular weight excluding hydrogens is 358 g/mol. The van der Waals surface area contributed by atoms with E-state index in [1.165, 1.54) is 44.6 Å². The first kappa shape index (κ1) is 18.2.